The first kappa shape index (κ1) is 20.2. The normalized spacial score (nSPS) is 45.3. The summed E-state index contributed by atoms with van der Waals surface area (Å²) in [6.07, 6.45) is 17.4. The Kier molecular flexibility index (Phi) is 5.24. The zero-order valence-corrected chi connectivity index (χ0v) is 19.3. The lowest BCUT2D eigenvalue weighted by molar-refractivity contribution is -0.148. The van der Waals surface area contributed by atoms with Gasteiger partial charge in [0.15, 0.2) is 0 Å². The van der Waals surface area contributed by atoms with Gasteiger partial charge in [-0.15, -0.1) is 23.5 Å². The molecule has 1 unspecified atom stereocenters. The van der Waals surface area contributed by atoms with Gasteiger partial charge in [0.1, 0.15) is 6.10 Å². The van der Waals surface area contributed by atoms with Crippen LogP contribution in [-0.4, -0.2) is 28.7 Å². The van der Waals surface area contributed by atoms with Gasteiger partial charge in [-0.3, -0.25) is 4.79 Å². The SMILES string of the molecule is CSC1(SC)CC[C@H]2[C@@H]3CC=C4CC(OC(C)=O)CC[C@]4(C)[C@H]3CC[C@@]21C. The Labute approximate surface area is 174 Å². The molecule has 27 heavy (non-hydrogen) atoms. The highest BCUT2D eigenvalue weighted by Crippen LogP contribution is 2.71. The second-order valence-corrected chi connectivity index (χ2v) is 12.4. The number of esters is 1. The molecule has 0 aromatic carbocycles. The maximum Gasteiger partial charge on any atom is 0.302 e. The summed E-state index contributed by atoms with van der Waals surface area (Å²) in [7, 11) is 0. The molecule has 0 heterocycles. The minimum atomic E-state index is -0.122. The maximum absolute atomic E-state index is 11.4. The highest BCUT2D eigenvalue weighted by molar-refractivity contribution is 8.17. The lowest BCUT2D eigenvalue weighted by Crippen LogP contribution is -2.53. The van der Waals surface area contributed by atoms with E-state index in [-0.39, 0.29) is 12.1 Å². The molecular weight excluding hydrogens is 372 g/mol. The molecular formula is C23H36O2S2. The van der Waals surface area contributed by atoms with Crippen LogP contribution in [0.1, 0.15) is 72.1 Å². The second-order valence-electron chi connectivity index (χ2n) is 9.89. The van der Waals surface area contributed by atoms with E-state index in [0.717, 1.165) is 30.6 Å². The monoisotopic (exact) mass is 408 g/mol. The van der Waals surface area contributed by atoms with Gasteiger partial charge in [-0.05, 0) is 86.0 Å². The van der Waals surface area contributed by atoms with Crippen LogP contribution in [0.3, 0.4) is 0 Å². The summed E-state index contributed by atoms with van der Waals surface area (Å²) in [5, 5.41) is 0. The van der Waals surface area contributed by atoms with E-state index in [2.05, 4.69) is 56.0 Å². The largest absolute Gasteiger partial charge is 0.462 e. The molecule has 0 saturated heterocycles. The number of fused-ring (bicyclic) bond motifs is 5. The lowest BCUT2D eigenvalue weighted by Gasteiger charge is -2.59. The average Bonchev–Trinajstić information content (AvgIpc) is 2.94. The van der Waals surface area contributed by atoms with E-state index in [4.69, 9.17) is 4.74 Å². The number of ether oxygens (including phenoxy) is 1. The van der Waals surface area contributed by atoms with Crippen LogP contribution in [0.25, 0.3) is 0 Å². The predicted octanol–water partition coefficient (Wildman–Crippen LogP) is 6.30. The molecule has 0 aromatic heterocycles. The minimum Gasteiger partial charge on any atom is -0.462 e. The Balaban J connectivity index is 1.60. The summed E-state index contributed by atoms with van der Waals surface area (Å²) >= 11 is 4.26. The lowest BCUT2D eigenvalue weighted by atomic mass is 9.48. The summed E-state index contributed by atoms with van der Waals surface area (Å²) in [6, 6.07) is 0. The van der Waals surface area contributed by atoms with Crippen molar-refractivity contribution in [2.75, 3.05) is 12.5 Å². The molecule has 0 bridgehead atoms. The van der Waals surface area contributed by atoms with Crippen molar-refractivity contribution in [2.24, 2.45) is 28.6 Å². The van der Waals surface area contributed by atoms with Crippen molar-refractivity contribution in [1.29, 1.82) is 0 Å². The van der Waals surface area contributed by atoms with E-state index in [9.17, 15) is 4.79 Å². The zero-order valence-electron chi connectivity index (χ0n) is 17.7. The van der Waals surface area contributed by atoms with Crippen LogP contribution in [0.15, 0.2) is 11.6 Å². The number of thioether (sulfide) groups is 2. The maximum atomic E-state index is 11.4. The first-order valence-electron chi connectivity index (χ1n) is 10.8. The fourth-order valence-electron chi connectivity index (χ4n) is 7.67. The first-order valence-corrected chi connectivity index (χ1v) is 13.2. The molecule has 2 nitrogen and oxygen atoms in total. The predicted molar refractivity (Wildman–Crippen MR) is 117 cm³/mol. The van der Waals surface area contributed by atoms with Crippen molar-refractivity contribution >= 4 is 29.5 Å². The Bertz CT molecular complexity index is 640. The number of carbonyl (C=O) groups excluding carboxylic acids is 1. The first-order chi connectivity index (χ1) is 12.8. The molecule has 0 amide bonds. The van der Waals surface area contributed by atoms with Crippen LogP contribution in [0.5, 0.6) is 0 Å². The van der Waals surface area contributed by atoms with Crippen molar-refractivity contribution in [3.8, 4) is 0 Å². The molecule has 0 spiro atoms. The van der Waals surface area contributed by atoms with Gasteiger partial charge in [0, 0.05) is 13.3 Å². The molecule has 0 aliphatic heterocycles. The Morgan fingerprint density at radius 2 is 1.78 bits per heavy atom. The highest BCUT2D eigenvalue weighted by Gasteiger charge is 2.63. The average molecular weight is 409 g/mol. The fourth-order valence-corrected chi connectivity index (χ4v) is 10.4. The minimum absolute atomic E-state index is 0.111. The molecule has 4 heteroatoms. The number of hydrogen-bond donors (Lipinski definition) is 0. The van der Waals surface area contributed by atoms with E-state index in [1.54, 1.807) is 12.5 Å². The molecule has 0 N–H and O–H groups in total. The van der Waals surface area contributed by atoms with Crippen LogP contribution < -0.4 is 0 Å². The Morgan fingerprint density at radius 3 is 2.44 bits per heavy atom. The van der Waals surface area contributed by atoms with Gasteiger partial charge >= 0.3 is 5.97 Å². The van der Waals surface area contributed by atoms with Crippen molar-refractivity contribution in [3.05, 3.63) is 11.6 Å². The van der Waals surface area contributed by atoms with Gasteiger partial charge in [-0.1, -0.05) is 25.5 Å². The van der Waals surface area contributed by atoms with Crippen LogP contribution in [0, 0.1) is 28.6 Å². The van der Waals surface area contributed by atoms with E-state index in [0.29, 0.717) is 14.9 Å². The third kappa shape index (κ3) is 2.86. The van der Waals surface area contributed by atoms with Gasteiger partial charge in [0.25, 0.3) is 0 Å². The third-order valence-electron chi connectivity index (χ3n) is 9.10. The summed E-state index contributed by atoms with van der Waals surface area (Å²) in [4.78, 5) is 11.4. The zero-order chi connectivity index (χ0) is 19.4. The number of carbonyl (C=O) groups is 1. The quantitative estimate of drug-likeness (QED) is 0.311. The van der Waals surface area contributed by atoms with Gasteiger partial charge in [0.2, 0.25) is 0 Å². The van der Waals surface area contributed by atoms with Crippen molar-refractivity contribution in [2.45, 2.75) is 82.3 Å². The number of hydrogen-bond acceptors (Lipinski definition) is 4. The van der Waals surface area contributed by atoms with Crippen LogP contribution in [0.4, 0.5) is 0 Å². The fraction of sp³-hybridized carbons (Fsp3) is 0.870. The molecule has 4 aliphatic carbocycles. The molecule has 3 fully saturated rings. The topological polar surface area (TPSA) is 26.3 Å². The molecule has 4 aliphatic rings. The van der Waals surface area contributed by atoms with Crippen molar-refractivity contribution in [3.63, 3.8) is 0 Å². The summed E-state index contributed by atoms with van der Waals surface area (Å²) in [5.41, 5.74) is 2.41. The van der Waals surface area contributed by atoms with E-state index in [1.807, 2.05) is 0 Å². The molecule has 0 radical (unpaired) electrons. The summed E-state index contributed by atoms with van der Waals surface area (Å²) in [6.45, 7) is 6.70. The third-order valence-corrected chi connectivity index (χ3v) is 12.8. The molecule has 4 rings (SSSR count). The molecule has 0 aromatic rings. The van der Waals surface area contributed by atoms with E-state index in [1.165, 1.54) is 38.5 Å². The molecule has 152 valence electrons. The van der Waals surface area contributed by atoms with Crippen LogP contribution in [0.2, 0.25) is 0 Å². The van der Waals surface area contributed by atoms with E-state index < -0.39 is 0 Å². The highest BCUT2D eigenvalue weighted by atomic mass is 32.2. The van der Waals surface area contributed by atoms with Gasteiger partial charge in [-0.25, -0.2) is 0 Å². The van der Waals surface area contributed by atoms with Gasteiger partial charge < -0.3 is 4.74 Å². The number of allylic oxidation sites excluding steroid dienone is 1. The van der Waals surface area contributed by atoms with Crippen molar-refractivity contribution in [1.82, 2.24) is 0 Å². The van der Waals surface area contributed by atoms with Gasteiger partial charge in [-0.2, -0.15) is 0 Å². The Hall–Kier alpha value is -0.0900. The second kappa shape index (κ2) is 7.00. The molecule has 6 atom stereocenters. The van der Waals surface area contributed by atoms with Crippen LogP contribution in [-0.2, 0) is 9.53 Å². The summed E-state index contributed by atoms with van der Waals surface area (Å²) < 4.78 is 5.99. The number of rotatable bonds is 3. The molecule has 3 saturated carbocycles. The van der Waals surface area contributed by atoms with Crippen molar-refractivity contribution < 1.29 is 9.53 Å². The van der Waals surface area contributed by atoms with E-state index >= 15 is 0 Å². The smallest absolute Gasteiger partial charge is 0.302 e. The van der Waals surface area contributed by atoms with Gasteiger partial charge in [0.05, 0.1) is 4.08 Å². The standard InChI is InChI=1S/C23H36O2S2/c1-15(24)25-17-8-11-21(2)16(14-17)6-7-18-19(21)9-12-22(3)20(18)10-13-23(22,26-4)27-5/h6,17-20H,7-14H2,1-5H3/t17?,18-,19+,20+,21+,22+/m1/s1. The summed E-state index contributed by atoms with van der Waals surface area (Å²) in [5.74, 6) is 2.43. The Morgan fingerprint density at radius 1 is 1.07 bits per heavy atom. The van der Waals surface area contributed by atoms with Crippen LogP contribution >= 0.6 is 23.5 Å².